The fraction of sp³-hybridized carbons (Fsp3) is 0.643. The number of aromatic nitrogens is 4. The minimum absolute atomic E-state index is 0.0303. The Hall–Kier alpha value is -1.71. The lowest BCUT2D eigenvalue weighted by Crippen LogP contribution is -2.32. The predicted molar refractivity (Wildman–Crippen MR) is 106 cm³/mol. The second-order valence-corrected chi connectivity index (χ2v) is 9.74. The Morgan fingerprint density at radius 2 is 2.03 bits per heavy atom. The van der Waals surface area contributed by atoms with E-state index in [1.165, 1.54) is 10.9 Å². The minimum Gasteiger partial charge on any atom is -0.388 e. The van der Waals surface area contributed by atoms with E-state index >= 15 is 0 Å². The van der Waals surface area contributed by atoms with Crippen LogP contribution in [-0.2, 0) is 27.4 Å². The number of aliphatic hydroxyl groups excluding tert-OH is 1. The van der Waals surface area contributed by atoms with Crippen LogP contribution in [0.4, 0.5) is 5.95 Å². The van der Waals surface area contributed by atoms with Gasteiger partial charge < -0.3 is 35.0 Å². The van der Waals surface area contributed by atoms with Gasteiger partial charge in [-0.2, -0.15) is 9.29 Å². The van der Waals surface area contributed by atoms with E-state index in [1.54, 1.807) is 0 Å². The smallest absolute Gasteiger partial charge is 0.388 e. The zero-order chi connectivity index (χ0) is 23.7. The van der Waals surface area contributed by atoms with Crippen molar-refractivity contribution in [2.75, 3.05) is 25.6 Å². The number of nitrogens with two attached hydrogens (primary N) is 1. The molecule has 0 amide bonds. The van der Waals surface area contributed by atoms with Gasteiger partial charge in [-0.05, 0) is 6.42 Å². The van der Waals surface area contributed by atoms with E-state index in [-0.39, 0.29) is 23.7 Å². The van der Waals surface area contributed by atoms with Crippen LogP contribution in [0.5, 0.6) is 0 Å². The number of hydrogen-bond acceptors (Lipinski definition) is 11. The maximum atomic E-state index is 12.0. The highest BCUT2D eigenvalue weighted by Gasteiger charge is 2.46. The number of rotatable bonds is 10. The number of nitrogen functional groups attached to an aromatic ring is 1. The highest BCUT2D eigenvalue weighted by Crippen LogP contribution is 2.57. The summed E-state index contributed by atoms with van der Waals surface area (Å²) >= 11 is 0. The predicted octanol–water partition coefficient (Wildman–Crippen LogP) is -0.771. The molecule has 1 saturated heterocycles. The highest BCUT2D eigenvalue weighted by molar-refractivity contribution is 7.60. The van der Waals surface area contributed by atoms with Gasteiger partial charge in [0.05, 0.1) is 25.6 Å². The molecule has 18 heteroatoms. The average Bonchev–Trinajstić information content (AvgIpc) is 3.20. The van der Waals surface area contributed by atoms with Crippen molar-refractivity contribution in [2.45, 2.75) is 31.8 Å². The van der Waals surface area contributed by atoms with Gasteiger partial charge in [0.1, 0.15) is 6.10 Å². The minimum atomic E-state index is -5.30. The summed E-state index contributed by atoms with van der Waals surface area (Å²) in [4.78, 5) is 49.2. The van der Waals surface area contributed by atoms with Crippen LogP contribution in [0.3, 0.4) is 0 Å². The number of nitrogens with one attached hydrogen (secondary N) is 1. The third kappa shape index (κ3) is 5.80. The molecule has 32 heavy (non-hydrogen) atoms. The summed E-state index contributed by atoms with van der Waals surface area (Å²) in [6.45, 7) is 1.53. The number of hydrogen-bond donors (Lipinski definition) is 6. The van der Waals surface area contributed by atoms with Crippen molar-refractivity contribution in [3.05, 3.63) is 16.7 Å². The number of phosphoric ester groups is 1. The van der Waals surface area contributed by atoms with Crippen molar-refractivity contribution in [3.63, 3.8) is 0 Å². The highest BCUT2D eigenvalue weighted by atomic mass is 31.3. The van der Waals surface area contributed by atoms with E-state index in [0.29, 0.717) is 13.0 Å². The van der Waals surface area contributed by atoms with Gasteiger partial charge in [0.15, 0.2) is 17.4 Å². The Kier molecular flexibility index (Phi) is 7.51. The van der Waals surface area contributed by atoms with Crippen LogP contribution in [0.1, 0.15) is 19.6 Å². The topological polar surface area (TPSA) is 242 Å². The normalized spacial score (nSPS) is 25.9. The van der Waals surface area contributed by atoms with Gasteiger partial charge in [-0.25, -0.2) is 14.1 Å². The average molecular weight is 499 g/mol. The monoisotopic (exact) mass is 499 g/mol. The quantitative estimate of drug-likeness (QED) is 0.174. The fourth-order valence-corrected chi connectivity index (χ4v) is 4.81. The molecule has 1 aliphatic rings. The lowest BCUT2D eigenvalue weighted by Gasteiger charge is -2.21. The Labute approximate surface area is 180 Å². The van der Waals surface area contributed by atoms with E-state index in [0.717, 1.165) is 0 Å². The molecule has 2 aromatic rings. The molecule has 0 radical (unpaired) electrons. The molecule has 3 heterocycles. The molecule has 1 unspecified atom stereocenters. The molecule has 0 bridgehead atoms. The van der Waals surface area contributed by atoms with Crippen molar-refractivity contribution in [1.82, 2.24) is 19.5 Å². The van der Waals surface area contributed by atoms with Crippen molar-refractivity contribution >= 4 is 32.8 Å². The SMILES string of the molecule is CCCOC[C@H]1[C@@H](O)[C@H](n2cnc3c(=O)[nH]c(N)nc32)O[C@@H]1COP(=O)(O)OP(=O)(O)O. The van der Waals surface area contributed by atoms with Crippen LogP contribution in [0.15, 0.2) is 11.1 Å². The Balaban J connectivity index is 1.85. The first-order valence-corrected chi connectivity index (χ1v) is 12.3. The van der Waals surface area contributed by atoms with Gasteiger partial charge in [0.2, 0.25) is 5.95 Å². The van der Waals surface area contributed by atoms with Crippen LogP contribution in [0.2, 0.25) is 0 Å². The molecular weight excluding hydrogens is 476 g/mol. The first-order chi connectivity index (χ1) is 14.9. The number of fused-ring (bicyclic) bond motifs is 1. The second-order valence-electron chi connectivity index (χ2n) is 6.91. The molecule has 7 N–H and O–H groups in total. The molecule has 0 saturated carbocycles. The van der Waals surface area contributed by atoms with Crippen molar-refractivity contribution in [2.24, 2.45) is 5.92 Å². The third-order valence-corrected chi connectivity index (χ3v) is 6.67. The molecule has 2 aromatic heterocycles. The summed E-state index contributed by atoms with van der Waals surface area (Å²) < 4.78 is 43.5. The first kappa shape index (κ1) is 24.9. The number of imidazole rings is 1. The first-order valence-electron chi connectivity index (χ1n) is 9.29. The van der Waals surface area contributed by atoms with Crippen LogP contribution in [0, 0.1) is 5.92 Å². The maximum absolute atomic E-state index is 12.0. The van der Waals surface area contributed by atoms with Crippen molar-refractivity contribution in [3.8, 4) is 0 Å². The van der Waals surface area contributed by atoms with E-state index in [9.17, 15) is 23.9 Å². The van der Waals surface area contributed by atoms with Crippen LogP contribution < -0.4 is 11.3 Å². The summed E-state index contributed by atoms with van der Waals surface area (Å²) in [5.41, 5.74) is 4.96. The molecule has 0 spiro atoms. The molecule has 3 rings (SSSR count). The second kappa shape index (κ2) is 9.65. The standard InChI is InChI=1S/C14H23N5O11P2/c1-2-3-27-4-7-8(5-28-32(25,26)30-31(22,23)24)29-13(10(7)20)19-6-16-9-11(19)17-14(15)18-12(9)21/h6-8,10,13,20H,2-5H2,1H3,(H,25,26)(H2,22,23,24)(H3,15,17,18,21)/t7-,8-,10-,13-/m1/s1. The van der Waals surface area contributed by atoms with Crippen molar-refractivity contribution in [1.29, 1.82) is 0 Å². The van der Waals surface area contributed by atoms with Crippen molar-refractivity contribution < 1.29 is 47.2 Å². The summed E-state index contributed by atoms with van der Waals surface area (Å²) in [7, 11) is -10.4. The molecule has 1 aliphatic heterocycles. The number of phosphoric acid groups is 2. The van der Waals surface area contributed by atoms with Gasteiger partial charge in [0.25, 0.3) is 5.56 Å². The third-order valence-electron chi connectivity index (χ3n) is 4.52. The Morgan fingerprint density at radius 3 is 2.69 bits per heavy atom. The number of anilines is 1. The molecular formula is C14H23N5O11P2. The fourth-order valence-electron chi connectivity index (χ4n) is 3.21. The zero-order valence-electron chi connectivity index (χ0n) is 16.7. The van der Waals surface area contributed by atoms with E-state index in [1.807, 2.05) is 6.92 Å². The van der Waals surface area contributed by atoms with Gasteiger partial charge >= 0.3 is 15.6 Å². The molecule has 16 nitrogen and oxygen atoms in total. The number of ether oxygens (including phenoxy) is 2. The summed E-state index contributed by atoms with van der Waals surface area (Å²) in [6, 6.07) is 0. The van der Waals surface area contributed by atoms with E-state index in [2.05, 4.69) is 23.8 Å². The Morgan fingerprint density at radius 1 is 1.31 bits per heavy atom. The number of aromatic amines is 1. The van der Waals surface area contributed by atoms with Gasteiger partial charge in [0, 0.05) is 12.5 Å². The summed E-state index contributed by atoms with van der Waals surface area (Å²) in [5, 5.41) is 10.9. The van der Waals surface area contributed by atoms with Gasteiger partial charge in [-0.3, -0.25) is 18.9 Å². The van der Waals surface area contributed by atoms with Crippen LogP contribution in [0.25, 0.3) is 11.2 Å². The van der Waals surface area contributed by atoms with Crippen LogP contribution >= 0.6 is 15.6 Å². The lowest BCUT2D eigenvalue weighted by molar-refractivity contribution is -0.0494. The number of nitrogens with zero attached hydrogens (tertiary/aromatic N) is 3. The van der Waals surface area contributed by atoms with Gasteiger partial charge in [-0.15, -0.1) is 0 Å². The molecule has 180 valence electrons. The maximum Gasteiger partial charge on any atom is 0.481 e. The molecule has 0 aromatic carbocycles. The van der Waals surface area contributed by atoms with Gasteiger partial charge in [-0.1, -0.05) is 6.92 Å². The molecule has 0 aliphatic carbocycles. The van der Waals surface area contributed by atoms with Crippen LogP contribution in [-0.4, -0.2) is 71.3 Å². The number of aliphatic hydroxyl groups is 1. The summed E-state index contributed by atoms with van der Waals surface area (Å²) in [5.74, 6) is -0.978. The largest absolute Gasteiger partial charge is 0.481 e. The lowest BCUT2D eigenvalue weighted by atomic mass is 9.99. The molecule has 1 fully saturated rings. The summed E-state index contributed by atoms with van der Waals surface area (Å²) in [6.07, 6.45) is -1.58. The van der Waals surface area contributed by atoms with E-state index in [4.69, 9.17) is 25.0 Å². The van der Waals surface area contributed by atoms with E-state index < -0.39 is 52.2 Å². The Bertz CT molecular complexity index is 1100. The zero-order valence-corrected chi connectivity index (χ0v) is 18.5. The molecule has 5 atom stereocenters. The number of H-pyrrole nitrogens is 1.